The molecule has 1 fully saturated rings. The van der Waals surface area contributed by atoms with Crippen molar-refractivity contribution in [1.29, 1.82) is 0 Å². The zero-order valence-electron chi connectivity index (χ0n) is 10.9. The van der Waals surface area contributed by atoms with Crippen LogP contribution in [0.5, 0.6) is 0 Å². The van der Waals surface area contributed by atoms with Crippen molar-refractivity contribution < 1.29 is 13.9 Å². The SMILES string of the molecule is CCCN1c2cc(F)ccc2NC(=O)C2COCC21. The van der Waals surface area contributed by atoms with E-state index in [2.05, 4.69) is 17.1 Å². The predicted octanol–water partition coefficient (Wildman–Crippen LogP) is 2.01. The van der Waals surface area contributed by atoms with Gasteiger partial charge in [-0.3, -0.25) is 4.79 Å². The van der Waals surface area contributed by atoms with Crippen molar-refractivity contribution >= 4 is 17.3 Å². The average molecular weight is 264 g/mol. The van der Waals surface area contributed by atoms with Crippen molar-refractivity contribution in [3.63, 3.8) is 0 Å². The molecule has 0 radical (unpaired) electrons. The molecular formula is C14H17FN2O2. The van der Waals surface area contributed by atoms with Gasteiger partial charge in [0.05, 0.1) is 36.5 Å². The largest absolute Gasteiger partial charge is 0.378 e. The molecule has 0 bridgehead atoms. The van der Waals surface area contributed by atoms with Crippen molar-refractivity contribution in [3.05, 3.63) is 24.0 Å². The van der Waals surface area contributed by atoms with E-state index in [0.717, 1.165) is 18.7 Å². The fraction of sp³-hybridized carbons (Fsp3) is 0.500. The van der Waals surface area contributed by atoms with Crippen LogP contribution in [0.2, 0.25) is 0 Å². The van der Waals surface area contributed by atoms with Crippen molar-refractivity contribution in [2.75, 3.05) is 30.0 Å². The summed E-state index contributed by atoms with van der Waals surface area (Å²) in [5.74, 6) is -0.498. The van der Waals surface area contributed by atoms with E-state index in [0.29, 0.717) is 18.9 Å². The number of rotatable bonds is 2. The van der Waals surface area contributed by atoms with Crippen LogP contribution < -0.4 is 10.2 Å². The van der Waals surface area contributed by atoms with Crippen molar-refractivity contribution in [3.8, 4) is 0 Å². The third-order valence-electron chi connectivity index (χ3n) is 3.78. The average Bonchev–Trinajstić information content (AvgIpc) is 2.83. The van der Waals surface area contributed by atoms with Crippen molar-refractivity contribution in [1.82, 2.24) is 0 Å². The molecule has 2 unspecified atom stereocenters. The maximum atomic E-state index is 13.5. The van der Waals surface area contributed by atoms with Gasteiger partial charge >= 0.3 is 0 Å². The molecule has 0 saturated carbocycles. The Labute approximate surface area is 111 Å². The van der Waals surface area contributed by atoms with Gasteiger partial charge in [0.15, 0.2) is 0 Å². The number of nitrogens with zero attached hydrogens (tertiary/aromatic N) is 1. The van der Waals surface area contributed by atoms with Gasteiger partial charge in [-0.05, 0) is 24.6 Å². The molecule has 0 aliphatic carbocycles. The molecule has 0 spiro atoms. The van der Waals surface area contributed by atoms with Crippen LogP contribution in [0, 0.1) is 11.7 Å². The van der Waals surface area contributed by atoms with E-state index in [1.165, 1.54) is 12.1 Å². The minimum Gasteiger partial charge on any atom is -0.378 e. The van der Waals surface area contributed by atoms with Gasteiger partial charge in [-0.15, -0.1) is 0 Å². The molecule has 1 amide bonds. The Balaban J connectivity index is 2.07. The summed E-state index contributed by atoms with van der Waals surface area (Å²) >= 11 is 0. The first-order chi connectivity index (χ1) is 9.20. The molecule has 1 saturated heterocycles. The van der Waals surface area contributed by atoms with Crippen LogP contribution >= 0.6 is 0 Å². The minimum absolute atomic E-state index is 0.00278. The van der Waals surface area contributed by atoms with Gasteiger partial charge in [0.1, 0.15) is 5.82 Å². The Bertz CT molecular complexity index is 506. The predicted molar refractivity (Wildman–Crippen MR) is 70.8 cm³/mol. The van der Waals surface area contributed by atoms with Gasteiger partial charge in [0, 0.05) is 6.54 Å². The second kappa shape index (κ2) is 4.81. The minimum atomic E-state index is -0.286. The number of fused-ring (bicyclic) bond motifs is 2. The lowest BCUT2D eigenvalue weighted by Crippen LogP contribution is -2.43. The van der Waals surface area contributed by atoms with Gasteiger partial charge < -0.3 is 15.0 Å². The third kappa shape index (κ3) is 2.08. The molecule has 19 heavy (non-hydrogen) atoms. The fourth-order valence-electron chi connectivity index (χ4n) is 2.88. The fourth-order valence-corrected chi connectivity index (χ4v) is 2.88. The summed E-state index contributed by atoms with van der Waals surface area (Å²) in [7, 11) is 0. The zero-order valence-corrected chi connectivity index (χ0v) is 10.9. The number of anilines is 2. The maximum absolute atomic E-state index is 13.5. The van der Waals surface area contributed by atoms with E-state index < -0.39 is 0 Å². The van der Waals surface area contributed by atoms with Gasteiger partial charge in [-0.2, -0.15) is 0 Å². The molecule has 0 aromatic heterocycles. The molecule has 102 valence electrons. The Hall–Kier alpha value is -1.62. The zero-order chi connectivity index (χ0) is 13.4. The number of hydrogen-bond acceptors (Lipinski definition) is 3. The molecule has 5 heteroatoms. The smallest absolute Gasteiger partial charge is 0.232 e. The van der Waals surface area contributed by atoms with E-state index in [1.807, 2.05) is 0 Å². The first-order valence-corrected chi connectivity index (χ1v) is 6.65. The number of amides is 1. The van der Waals surface area contributed by atoms with Crippen LogP contribution in [0.15, 0.2) is 18.2 Å². The van der Waals surface area contributed by atoms with Gasteiger partial charge in [-0.25, -0.2) is 4.39 Å². The molecule has 1 aromatic rings. The summed E-state index contributed by atoms with van der Waals surface area (Å²) in [6.45, 7) is 3.82. The quantitative estimate of drug-likeness (QED) is 0.888. The Morgan fingerprint density at radius 3 is 3.11 bits per heavy atom. The van der Waals surface area contributed by atoms with Crippen LogP contribution in [0.3, 0.4) is 0 Å². The molecule has 2 atom stereocenters. The van der Waals surface area contributed by atoms with E-state index in [-0.39, 0.29) is 23.7 Å². The highest BCUT2D eigenvalue weighted by atomic mass is 19.1. The summed E-state index contributed by atoms with van der Waals surface area (Å²) < 4.78 is 19.0. The Morgan fingerprint density at radius 2 is 2.32 bits per heavy atom. The first kappa shape index (κ1) is 12.4. The Kier molecular flexibility index (Phi) is 3.14. The summed E-state index contributed by atoms with van der Waals surface area (Å²) in [6, 6.07) is 4.50. The van der Waals surface area contributed by atoms with Crippen LogP contribution in [0.1, 0.15) is 13.3 Å². The second-order valence-corrected chi connectivity index (χ2v) is 5.06. The molecular weight excluding hydrogens is 247 g/mol. The van der Waals surface area contributed by atoms with Crippen LogP contribution in [-0.2, 0) is 9.53 Å². The summed E-state index contributed by atoms with van der Waals surface area (Å²) in [4.78, 5) is 14.3. The van der Waals surface area contributed by atoms with E-state index in [9.17, 15) is 9.18 Å². The van der Waals surface area contributed by atoms with Gasteiger partial charge in [0.2, 0.25) is 5.91 Å². The van der Waals surface area contributed by atoms with Crippen molar-refractivity contribution in [2.24, 2.45) is 5.92 Å². The molecule has 2 heterocycles. The topological polar surface area (TPSA) is 41.6 Å². The van der Waals surface area contributed by atoms with Crippen molar-refractivity contribution in [2.45, 2.75) is 19.4 Å². The van der Waals surface area contributed by atoms with Gasteiger partial charge in [-0.1, -0.05) is 6.92 Å². The standard InChI is InChI=1S/C14H17FN2O2/c1-2-5-17-12-6-9(15)3-4-11(12)16-14(18)10-7-19-8-13(10)17/h3-4,6,10,13H,2,5,7-8H2,1H3,(H,16,18). The summed E-state index contributed by atoms with van der Waals surface area (Å²) in [5.41, 5.74) is 1.45. The molecule has 1 N–H and O–H groups in total. The van der Waals surface area contributed by atoms with E-state index in [4.69, 9.17) is 4.74 Å². The lowest BCUT2D eigenvalue weighted by atomic mass is 10.0. The van der Waals surface area contributed by atoms with E-state index in [1.54, 1.807) is 6.07 Å². The molecule has 1 aromatic carbocycles. The number of halogens is 1. The molecule has 3 rings (SSSR count). The normalized spacial score (nSPS) is 25.6. The second-order valence-electron chi connectivity index (χ2n) is 5.06. The summed E-state index contributed by atoms with van der Waals surface area (Å²) in [5, 5.41) is 2.88. The number of hydrogen-bond donors (Lipinski definition) is 1. The van der Waals surface area contributed by atoms with Gasteiger partial charge in [0.25, 0.3) is 0 Å². The third-order valence-corrected chi connectivity index (χ3v) is 3.78. The Morgan fingerprint density at radius 1 is 1.47 bits per heavy atom. The molecule has 2 aliphatic rings. The molecule has 4 nitrogen and oxygen atoms in total. The highest BCUT2D eigenvalue weighted by Gasteiger charge is 2.41. The van der Waals surface area contributed by atoms with Crippen LogP contribution in [-0.4, -0.2) is 31.7 Å². The molecule has 2 aliphatic heterocycles. The maximum Gasteiger partial charge on any atom is 0.232 e. The lowest BCUT2D eigenvalue weighted by Gasteiger charge is -2.31. The van der Waals surface area contributed by atoms with Crippen LogP contribution in [0.4, 0.5) is 15.8 Å². The monoisotopic (exact) mass is 264 g/mol. The highest BCUT2D eigenvalue weighted by Crippen LogP contribution is 2.36. The van der Waals surface area contributed by atoms with Crippen LogP contribution in [0.25, 0.3) is 0 Å². The highest BCUT2D eigenvalue weighted by molar-refractivity contribution is 5.98. The summed E-state index contributed by atoms with van der Waals surface area (Å²) in [6.07, 6.45) is 0.938. The number of carbonyl (C=O) groups is 1. The number of ether oxygens (including phenoxy) is 1. The number of benzene rings is 1. The lowest BCUT2D eigenvalue weighted by molar-refractivity contribution is -0.120. The first-order valence-electron chi connectivity index (χ1n) is 6.65. The van der Waals surface area contributed by atoms with E-state index >= 15 is 0 Å². The number of nitrogens with one attached hydrogen (secondary N) is 1. The number of carbonyl (C=O) groups excluding carboxylic acids is 1.